The summed E-state index contributed by atoms with van der Waals surface area (Å²) in [6, 6.07) is 6.34. The summed E-state index contributed by atoms with van der Waals surface area (Å²) in [5, 5.41) is 13.2. The van der Waals surface area contributed by atoms with Gasteiger partial charge in [0.25, 0.3) is 0 Å². The minimum atomic E-state index is -0.544. The van der Waals surface area contributed by atoms with Crippen molar-refractivity contribution in [2.45, 2.75) is 38.3 Å². The van der Waals surface area contributed by atoms with Crippen LogP contribution in [-0.4, -0.2) is 30.4 Å². The van der Waals surface area contributed by atoms with E-state index in [1.54, 1.807) is 12.1 Å². The van der Waals surface area contributed by atoms with Crippen LogP contribution in [0.5, 0.6) is 5.75 Å². The molecule has 3 nitrogen and oxygen atoms in total. The van der Waals surface area contributed by atoms with Crippen molar-refractivity contribution >= 4 is 0 Å². The molecule has 2 N–H and O–H groups in total. The van der Waals surface area contributed by atoms with Gasteiger partial charge in [0, 0.05) is 12.6 Å². The summed E-state index contributed by atoms with van der Waals surface area (Å²) in [5.41, 5.74) is 0. The van der Waals surface area contributed by atoms with Crippen LogP contribution in [0.4, 0.5) is 4.39 Å². The van der Waals surface area contributed by atoms with Crippen LogP contribution >= 0.6 is 0 Å². The standard InChI is InChI=1S/C15H22FNO2/c1-11-3-2-4-15(11)17-9-13(18)10-19-14-7-5-12(16)6-8-14/h5-8,11,13,15,17-18H,2-4,9-10H2,1H3. The molecule has 0 spiro atoms. The minimum absolute atomic E-state index is 0.222. The van der Waals surface area contributed by atoms with Crippen molar-refractivity contribution in [3.05, 3.63) is 30.1 Å². The van der Waals surface area contributed by atoms with E-state index in [0.717, 1.165) is 0 Å². The molecule has 0 heterocycles. The van der Waals surface area contributed by atoms with Gasteiger partial charge in [0.15, 0.2) is 0 Å². The van der Waals surface area contributed by atoms with Gasteiger partial charge in [0.05, 0.1) is 0 Å². The van der Waals surface area contributed by atoms with Crippen molar-refractivity contribution < 1.29 is 14.2 Å². The largest absolute Gasteiger partial charge is 0.491 e. The summed E-state index contributed by atoms with van der Waals surface area (Å²) < 4.78 is 18.1. The van der Waals surface area contributed by atoms with E-state index >= 15 is 0 Å². The Kier molecular flexibility index (Phi) is 5.16. The molecule has 3 unspecified atom stereocenters. The van der Waals surface area contributed by atoms with Crippen LogP contribution in [-0.2, 0) is 0 Å². The molecule has 1 saturated carbocycles. The SMILES string of the molecule is CC1CCCC1NCC(O)COc1ccc(F)cc1. The lowest BCUT2D eigenvalue weighted by Gasteiger charge is -2.20. The Bertz CT molecular complexity index is 382. The molecule has 0 saturated heterocycles. The smallest absolute Gasteiger partial charge is 0.123 e. The van der Waals surface area contributed by atoms with E-state index in [1.165, 1.54) is 31.4 Å². The number of ether oxygens (including phenoxy) is 1. The minimum Gasteiger partial charge on any atom is -0.491 e. The number of benzene rings is 1. The van der Waals surface area contributed by atoms with Crippen LogP contribution in [0.2, 0.25) is 0 Å². The number of hydrogen-bond donors (Lipinski definition) is 2. The lowest BCUT2D eigenvalue weighted by molar-refractivity contribution is 0.102. The first-order chi connectivity index (χ1) is 9.15. The molecule has 1 fully saturated rings. The number of halogens is 1. The zero-order valence-electron chi connectivity index (χ0n) is 11.3. The highest BCUT2D eigenvalue weighted by Gasteiger charge is 2.23. The fourth-order valence-corrected chi connectivity index (χ4v) is 2.52. The van der Waals surface area contributed by atoms with Crippen molar-refractivity contribution in [3.8, 4) is 5.75 Å². The normalized spacial score (nSPS) is 24.4. The molecule has 0 radical (unpaired) electrons. The predicted molar refractivity (Wildman–Crippen MR) is 72.7 cm³/mol. The monoisotopic (exact) mass is 267 g/mol. The molecule has 0 bridgehead atoms. The lowest BCUT2D eigenvalue weighted by atomic mass is 10.1. The molecule has 2 rings (SSSR count). The summed E-state index contributed by atoms with van der Waals surface area (Å²) in [6.07, 6.45) is 3.17. The Morgan fingerprint density at radius 1 is 1.37 bits per heavy atom. The topological polar surface area (TPSA) is 41.5 Å². The third kappa shape index (κ3) is 4.48. The zero-order chi connectivity index (χ0) is 13.7. The fraction of sp³-hybridized carbons (Fsp3) is 0.600. The van der Waals surface area contributed by atoms with Crippen LogP contribution in [0.25, 0.3) is 0 Å². The summed E-state index contributed by atoms with van der Waals surface area (Å²) in [7, 11) is 0. The van der Waals surface area contributed by atoms with Gasteiger partial charge in [0.1, 0.15) is 24.3 Å². The molecule has 1 aromatic carbocycles. The third-order valence-corrected chi connectivity index (χ3v) is 3.73. The molecular weight excluding hydrogens is 245 g/mol. The number of nitrogens with one attached hydrogen (secondary N) is 1. The Morgan fingerprint density at radius 2 is 2.11 bits per heavy atom. The van der Waals surface area contributed by atoms with Gasteiger partial charge in [-0.05, 0) is 43.0 Å². The van der Waals surface area contributed by atoms with E-state index in [0.29, 0.717) is 24.3 Å². The summed E-state index contributed by atoms with van der Waals surface area (Å²) in [5.74, 6) is 0.977. The van der Waals surface area contributed by atoms with Gasteiger partial charge in [0.2, 0.25) is 0 Å². The van der Waals surface area contributed by atoms with E-state index in [9.17, 15) is 9.50 Å². The highest BCUT2D eigenvalue weighted by molar-refractivity contribution is 5.22. The molecular formula is C15H22FNO2. The first-order valence-electron chi connectivity index (χ1n) is 6.95. The molecule has 3 atom stereocenters. The van der Waals surface area contributed by atoms with Gasteiger partial charge in [-0.1, -0.05) is 13.3 Å². The Hall–Kier alpha value is -1.13. The fourth-order valence-electron chi connectivity index (χ4n) is 2.52. The molecule has 1 aliphatic carbocycles. The van der Waals surface area contributed by atoms with Crippen molar-refractivity contribution in [2.24, 2.45) is 5.92 Å². The van der Waals surface area contributed by atoms with Crippen molar-refractivity contribution in [3.63, 3.8) is 0 Å². The molecule has 0 aromatic heterocycles. The molecule has 1 aromatic rings. The molecule has 0 aliphatic heterocycles. The highest BCUT2D eigenvalue weighted by atomic mass is 19.1. The van der Waals surface area contributed by atoms with Gasteiger partial charge in [-0.2, -0.15) is 0 Å². The van der Waals surface area contributed by atoms with E-state index in [2.05, 4.69) is 12.2 Å². The van der Waals surface area contributed by atoms with Crippen molar-refractivity contribution in [1.29, 1.82) is 0 Å². The van der Waals surface area contributed by atoms with Gasteiger partial charge < -0.3 is 15.2 Å². The summed E-state index contributed by atoms with van der Waals surface area (Å²) in [4.78, 5) is 0. The average molecular weight is 267 g/mol. The summed E-state index contributed by atoms with van der Waals surface area (Å²) in [6.45, 7) is 3.00. The van der Waals surface area contributed by atoms with Gasteiger partial charge >= 0.3 is 0 Å². The number of aliphatic hydroxyl groups excluding tert-OH is 1. The maximum atomic E-state index is 12.7. The highest BCUT2D eigenvalue weighted by Crippen LogP contribution is 2.24. The molecule has 19 heavy (non-hydrogen) atoms. The Labute approximate surface area is 113 Å². The van der Waals surface area contributed by atoms with E-state index < -0.39 is 6.10 Å². The maximum absolute atomic E-state index is 12.7. The second-order valence-corrected chi connectivity index (χ2v) is 5.34. The zero-order valence-corrected chi connectivity index (χ0v) is 11.3. The van der Waals surface area contributed by atoms with Crippen LogP contribution < -0.4 is 10.1 Å². The van der Waals surface area contributed by atoms with E-state index in [1.807, 2.05) is 0 Å². The van der Waals surface area contributed by atoms with Gasteiger partial charge in [-0.3, -0.25) is 0 Å². The maximum Gasteiger partial charge on any atom is 0.123 e. The van der Waals surface area contributed by atoms with Crippen LogP contribution in [0, 0.1) is 11.7 Å². The molecule has 0 amide bonds. The van der Waals surface area contributed by atoms with Crippen molar-refractivity contribution in [2.75, 3.05) is 13.2 Å². The first kappa shape index (κ1) is 14.3. The number of aliphatic hydroxyl groups is 1. The van der Waals surface area contributed by atoms with Crippen LogP contribution in [0.3, 0.4) is 0 Å². The second kappa shape index (κ2) is 6.87. The van der Waals surface area contributed by atoms with Gasteiger partial charge in [-0.15, -0.1) is 0 Å². The van der Waals surface area contributed by atoms with Crippen LogP contribution in [0.1, 0.15) is 26.2 Å². The predicted octanol–water partition coefficient (Wildman–Crippen LogP) is 2.34. The van der Waals surface area contributed by atoms with Crippen LogP contribution in [0.15, 0.2) is 24.3 Å². The van der Waals surface area contributed by atoms with E-state index in [4.69, 9.17) is 4.74 Å². The number of rotatable bonds is 6. The first-order valence-corrected chi connectivity index (χ1v) is 6.95. The second-order valence-electron chi connectivity index (χ2n) is 5.34. The third-order valence-electron chi connectivity index (χ3n) is 3.73. The van der Waals surface area contributed by atoms with E-state index in [-0.39, 0.29) is 12.4 Å². The van der Waals surface area contributed by atoms with Gasteiger partial charge in [-0.25, -0.2) is 4.39 Å². The number of hydrogen-bond acceptors (Lipinski definition) is 3. The summed E-state index contributed by atoms with van der Waals surface area (Å²) >= 11 is 0. The lowest BCUT2D eigenvalue weighted by Crippen LogP contribution is -2.39. The molecule has 4 heteroatoms. The molecule has 1 aliphatic rings. The average Bonchev–Trinajstić information content (AvgIpc) is 2.81. The molecule has 106 valence electrons. The Morgan fingerprint density at radius 3 is 2.74 bits per heavy atom. The quantitative estimate of drug-likeness (QED) is 0.831. The Balaban J connectivity index is 1.66. The van der Waals surface area contributed by atoms with Crippen molar-refractivity contribution in [1.82, 2.24) is 5.32 Å².